The van der Waals surface area contributed by atoms with Gasteiger partial charge in [0.15, 0.2) is 0 Å². The second-order valence-corrected chi connectivity index (χ2v) is 4.56. The molecule has 2 heterocycles. The van der Waals surface area contributed by atoms with Crippen molar-refractivity contribution in [3.05, 3.63) is 24.4 Å². The van der Waals surface area contributed by atoms with E-state index in [1.165, 1.54) is 0 Å². The Morgan fingerprint density at radius 2 is 1.95 bits per heavy atom. The molecule has 0 spiro atoms. The van der Waals surface area contributed by atoms with Gasteiger partial charge in [0, 0.05) is 18.4 Å². The van der Waals surface area contributed by atoms with E-state index in [1.807, 2.05) is 0 Å². The van der Waals surface area contributed by atoms with Gasteiger partial charge in [-0.05, 0) is 26.0 Å². The van der Waals surface area contributed by atoms with Gasteiger partial charge in [-0.3, -0.25) is 0 Å². The van der Waals surface area contributed by atoms with Gasteiger partial charge in [0.05, 0.1) is 5.92 Å². The zero-order chi connectivity index (χ0) is 13.7. The summed E-state index contributed by atoms with van der Waals surface area (Å²) in [7, 11) is 0. The molecule has 6 nitrogen and oxygen atoms in total. The third kappa shape index (κ3) is 3.35. The van der Waals surface area contributed by atoms with E-state index >= 15 is 0 Å². The number of nitrogens with zero attached hydrogens (tertiary/aromatic N) is 4. The summed E-state index contributed by atoms with van der Waals surface area (Å²) in [6.07, 6.45) is 4.42. The van der Waals surface area contributed by atoms with Crippen LogP contribution in [-0.4, -0.2) is 32.7 Å². The average Bonchev–Trinajstić information content (AvgIpc) is 2.94. The highest BCUT2D eigenvalue weighted by Gasteiger charge is 2.21. The maximum absolute atomic E-state index is 5.30. The van der Waals surface area contributed by atoms with Gasteiger partial charge in [-0.25, -0.2) is 9.97 Å². The predicted molar refractivity (Wildman–Crippen MR) is 71.5 cm³/mol. The van der Waals surface area contributed by atoms with Crippen molar-refractivity contribution in [2.75, 3.05) is 6.54 Å². The maximum atomic E-state index is 5.30. The lowest BCUT2D eigenvalue weighted by molar-refractivity contribution is 0.331. The molecular weight excluding hydrogens is 242 g/mol. The van der Waals surface area contributed by atoms with Crippen molar-refractivity contribution < 1.29 is 4.52 Å². The first-order valence-corrected chi connectivity index (χ1v) is 6.56. The second kappa shape index (κ2) is 6.38. The van der Waals surface area contributed by atoms with Crippen LogP contribution in [0, 0.1) is 0 Å². The summed E-state index contributed by atoms with van der Waals surface area (Å²) in [5, 5.41) is 7.35. The Morgan fingerprint density at radius 3 is 2.63 bits per heavy atom. The normalized spacial score (nSPS) is 14.3. The first-order chi connectivity index (χ1) is 9.22. The summed E-state index contributed by atoms with van der Waals surface area (Å²) in [5.74, 6) is 1.68. The molecule has 2 rings (SSSR count). The van der Waals surface area contributed by atoms with Crippen molar-refractivity contribution in [3.8, 4) is 11.6 Å². The Morgan fingerprint density at radius 1 is 1.21 bits per heavy atom. The second-order valence-electron chi connectivity index (χ2n) is 4.56. The number of nitrogens with one attached hydrogen (secondary N) is 1. The van der Waals surface area contributed by atoms with Crippen LogP contribution in [0.2, 0.25) is 0 Å². The highest BCUT2D eigenvalue weighted by atomic mass is 16.5. The van der Waals surface area contributed by atoms with Crippen LogP contribution in [0.3, 0.4) is 0 Å². The molecule has 0 radical (unpaired) electrons. The lowest BCUT2D eigenvalue weighted by Crippen LogP contribution is -2.31. The number of aromatic nitrogens is 4. The summed E-state index contributed by atoms with van der Waals surface area (Å²) < 4.78 is 5.30. The van der Waals surface area contributed by atoms with E-state index in [9.17, 15) is 0 Å². The number of hydrogen-bond donors (Lipinski definition) is 1. The molecule has 2 aromatic heterocycles. The van der Waals surface area contributed by atoms with E-state index in [0.29, 0.717) is 17.5 Å². The van der Waals surface area contributed by atoms with Crippen molar-refractivity contribution in [2.45, 2.75) is 39.2 Å². The van der Waals surface area contributed by atoms with E-state index in [4.69, 9.17) is 4.52 Å². The fourth-order valence-electron chi connectivity index (χ4n) is 1.69. The van der Waals surface area contributed by atoms with Gasteiger partial charge in [-0.2, -0.15) is 4.98 Å². The molecule has 2 unspecified atom stereocenters. The Balaban J connectivity index is 2.08. The summed E-state index contributed by atoms with van der Waals surface area (Å²) in [5.41, 5.74) is 0. The van der Waals surface area contributed by atoms with E-state index in [2.05, 4.69) is 46.2 Å². The third-order valence-electron chi connectivity index (χ3n) is 3.06. The van der Waals surface area contributed by atoms with Gasteiger partial charge in [0.2, 0.25) is 17.5 Å². The lowest BCUT2D eigenvalue weighted by Gasteiger charge is -2.17. The van der Waals surface area contributed by atoms with Crippen LogP contribution >= 0.6 is 0 Å². The van der Waals surface area contributed by atoms with E-state index < -0.39 is 0 Å². The molecule has 0 bridgehead atoms. The standard InChI is InChI=1S/C13H19N5O/c1-4-6-14-10(3)9(2)13-17-12(18-19-13)11-15-7-5-8-16-11/h5,7-10,14H,4,6H2,1-3H3. The Labute approximate surface area is 112 Å². The Hall–Kier alpha value is -1.82. The zero-order valence-electron chi connectivity index (χ0n) is 11.5. The van der Waals surface area contributed by atoms with Crippen LogP contribution in [-0.2, 0) is 0 Å². The van der Waals surface area contributed by atoms with Gasteiger partial charge < -0.3 is 9.84 Å². The molecule has 0 saturated heterocycles. The molecule has 102 valence electrons. The molecule has 6 heteroatoms. The number of rotatable bonds is 6. The highest BCUT2D eigenvalue weighted by molar-refractivity contribution is 5.40. The molecule has 0 saturated carbocycles. The van der Waals surface area contributed by atoms with Crippen molar-refractivity contribution in [2.24, 2.45) is 0 Å². The van der Waals surface area contributed by atoms with Gasteiger partial charge in [0.1, 0.15) is 0 Å². The molecular formula is C13H19N5O. The largest absolute Gasteiger partial charge is 0.339 e. The first kappa shape index (κ1) is 13.6. The summed E-state index contributed by atoms with van der Waals surface area (Å²) in [4.78, 5) is 12.6. The highest BCUT2D eigenvalue weighted by Crippen LogP contribution is 2.19. The van der Waals surface area contributed by atoms with Crippen LogP contribution in [0.15, 0.2) is 23.0 Å². The first-order valence-electron chi connectivity index (χ1n) is 6.56. The van der Waals surface area contributed by atoms with Crippen molar-refractivity contribution in [3.63, 3.8) is 0 Å². The quantitative estimate of drug-likeness (QED) is 0.857. The van der Waals surface area contributed by atoms with Crippen LogP contribution in [0.4, 0.5) is 0 Å². The van der Waals surface area contributed by atoms with Crippen LogP contribution in [0.1, 0.15) is 39.0 Å². The average molecular weight is 261 g/mol. The van der Waals surface area contributed by atoms with Gasteiger partial charge in [-0.15, -0.1) is 0 Å². The SMILES string of the molecule is CCCNC(C)C(C)c1nc(-c2ncccn2)no1. The molecule has 19 heavy (non-hydrogen) atoms. The van der Waals surface area contributed by atoms with Gasteiger partial charge in [-0.1, -0.05) is 19.0 Å². The fourth-order valence-corrected chi connectivity index (χ4v) is 1.69. The van der Waals surface area contributed by atoms with Crippen LogP contribution in [0.25, 0.3) is 11.6 Å². The third-order valence-corrected chi connectivity index (χ3v) is 3.06. The van der Waals surface area contributed by atoms with Crippen LogP contribution in [0.5, 0.6) is 0 Å². The lowest BCUT2D eigenvalue weighted by atomic mass is 10.0. The molecule has 2 aromatic rings. The Kier molecular flexibility index (Phi) is 4.57. The molecule has 1 N–H and O–H groups in total. The van der Waals surface area contributed by atoms with E-state index in [1.54, 1.807) is 18.5 Å². The molecule has 0 amide bonds. The van der Waals surface area contributed by atoms with Crippen LogP contribution < -0.4 is 5.32 Å². The van der Waals surface area contributed by atoms with Crippen molar-refractivity contribution >= 4 is 0 Å². The summed E-state index contributed by atoms with van der Waals surface area (Å²) in [6, 6.07) is 2.04. The fraction of sp³-hybridized carbons (Fsp3) is 0.538. The number of hydrogen-bond acceptors (Lipinski definition) is 6. The smallest absolute Gasteiger partial charge is 0.240 e. The molecule has 2 atom stereocenters. The molecule has 0 aliphatic rings. The van der Waals surface area contributed by atoms with Crippen molar-refractivity contribution in [1.29, 1.82) is 0 Å². The molecule has 0 aliphatic heterocycles. The van der Waals surface area contributed by atoms with E-state index in [-0.39, 0.29) is 12.0 Å². The van der Waals surface area contributed by atoms with Gasteiger partial charge >= 0.3 is 0 Å². The van der Waals surface area contributed by atoms with E-state index in [0.717, 1.165) is 13.0 Å². The molecule has 0 aliphatic carbocycles. The summed E-state index contributed by atoms with van der Waals surface area (Å²) in [6.45, 7) is 7.30. The minimum atomic E-state index is 0.150. The summed E-state index contributed by atoms with van der Waals surface area (Å²) >= 11 is 0. The predicted octanol–water partition coefficient (Wildman–Crippen LogP) is 2.02. The molecule has 0 fully saturated rings. The molecule has 0 aromatic carbocycles. The van der Waals surface area contributed by atoms with Gasteiger partial charge in [0.25, 0.3) is 0 Å². The zero-order valence-corrected chi connectivity index (χ0v) is 11.5. The minimum absolute atomic E-state index is 0.150. The Bertz CT molecular complexity index is 499. The monoisotopic (exact) mass is 261 g/mol. The maximum Gasteiger partial charge on any atom is 0.240 e. The topological polar surface area (TPSA) is 76.7 Å². The minimum Gasteiger partial charge on any atom is -0.339 e. The van der Waals surface area contributed by atoms with Crippen molar-refractivity contribution in [1.82, 2.24) is 25.4 Å².